The number of nitrogens with zero attached hydrogens (tertiary/aromatic N) is 2. The minimum absolute atomic E-state index is 0. The van der Waals surface area contributed by atoms with Crippen LogP contribution in [0.2, 0.25) is 19.6 Å². The molecule has 3 heterocycles. The average Bonchev–Trinajstić information content (AvgIpc) is 3.44. The molecule has 3 aromatic carbocycles. The van der Waals surface area contributed by atoms with Crippen LogP contribution >= 0.6 is 0 Å². The molecule has 0 atom stereocenters. The van der Waals surface area contributed by atoms with Crippen LogP contribution in [0.15, 0.2) is 95.7 Å². The quantitative estimate of drug-likeness (QED) is 0.129. The van der Waals surface area contributed by atoms with E-state index in [1.54, 1.807) is 0 Å². The molecule has 1 aliphatic rings. The van der Waals surface area contributed by atoms with Crippen molar-refractivity contribution in [1.82, 2.24) is 9.97 Å². The smallest absolute Gasteiger partial charge is 0.120 e. The molecule has 0 unspecified atom stereocenters. The van der Waals surface area contributed by atoms with Gasteiger partial charge in [0.05, 0.1) is 13.7 Å². The summed E-state index contributed by atoms with van der Waals surface area (Å²) in [5.74, 6) is 1.21. The zero-order chi connectivity index (χ0) is 30.7. The Labute approximate surface area is 282 Å². The molecule has 0 saturated heterocycles. The first-order valence-electron chi connectivity index (χ1n) is 16.0. The van der Waals surface area contributed by atoms with E-state index < -0.39 is 8.07 Å². The van der Waals surface area contributed by atoms with Gasteiger partial charge in [0, 0.05) is 37.9 Å². The van der Waals surface area contributed by atoms with Crippen molar-refractivity contribution in [3.63, 3.8) is 0 Å². The molecule has 0 spiro atoms. The van der Waals surface area contributed by atoms with Crippen molar-refractivity contribution in [2.75, 3.05) is 0 Å². The van der Waals surface area contributed by atoms with Gasteiger partial charge in [-0.2, -0.15) is 0 Å². The SMILES string of the molecule is CC(C)c1ccc(-c2[c-]cccc2)nc1.C[Si](C)(C)c1ccc2c(c1)oc1c(-c3ccc(C4CCCCC4)cn3)[c-]ccc12.[Ir]. The van der Waals surface area contributed by atoms with Gasteiger partial charge in [-0.3, -0.25) is 0 Å². The molecule has 1 saturated carbocycles. The first-order valence-corrected chi connectivity index (χ1v) is 19.5. The summed E-state index contributed by atoms with van der Waals surface area (Å²) in [5, 5.41) is 3.75. The van der Waals surface area contributed by atoms with Crippen molar-refractivity contribution < 1.29 is 24.5 Å². The predicted molar refractivity (Wildman–Crippen MR) is 187 cm³/mol. The summed E-state index contributed by atoms with van der Waals surface area (Å²) in [6.45, 7) is 11.5. The molecule has 3 nitrogen and oxygen atoms in total. The van der Waals surface area contributed by atoms with Crippen LogP contribution < -0.4 is 5.19 Å². The largest absolute Gasteiger partial charge is 0.501 e. The van der Waals surface area contributed by atoms with Gasteiger partial charge in [-0.15, -0.1) is 54.1 Å². The van der Waals surface area contributed by atoms with Gasteiger partial charge in [-0.25, -0.2) is 0 Å². The number of aromatic nitrogens is 2. The third-order valence-electron chi connectivity index (χ3n) is 8.86. The molecular weight excluding hydrogens is 745 g/mol. The molecule has 1 aliphatic carbocycles. The van der Waals surface area contributed by atoms with Gasteiger partial charge in [0.25, 0.3) is 0 Å². The summed E-state index contributed by atoms with van der Waals surface area (Å²) in [6.07, 6.45) is 10.7. The Hall–Kier alpha value is -3.37. The Balaban J connectivity index is 0.000000212. The van der Waals surface area contributed by atoms with Crippen LogP contribution in [0.25, 0.3) is 44.5 Å². The van der Waals surface area contributed by atoms with Gasteiger partial charge in [-0.1, -0.05) is 105 Å². The summed E-state index contributed by atoms with van der Waals surface area (Å²) < 4.78 is 6.37. The second-order valence-electron chi connectivity index (χ2n) is 13.4. The first kappa shape index (κ1) is 33.0. The first-order chi connectivity index (χ1) is 21.3. The Morgan fingerprint density at radius 2 is 1.56 bits per heavy atom. The fraction of sp³-hybridized carbons (Fsp3) is 0.300. The number of hydrogen-bond acceptors (Lipinski definition) is 3. The summed E-state index contributed by atoms with van der Waals surface area (Å²) >= 11 is 0. The van der Waals surface area contributed by atoms with Gasteiger partial charge in [0.15, 0.2) is 0 Å². The van der Waals surface area contributed by atoms with Crippen LogP contribution in [0.4, 0.5) is 0 Å². The maximum Gasteiger partial charge on any atom is 0.120 e. The van der Waals surface area contributed by atoms with Gasteiger partial charge in [0.1, 0.15) is 5.58 Å². The van der Waals surface area contributed by atoms with Crippen molar-refractivity contribution in [3.8, 4) is 22.5 Å². The zero-order valence-corrected chi connectivity index (χ0v) is 30.4. The second-order valence-corrected chi connectivity index (χ2v) is 18.5. The molecular formula is C40H42IrN2OSi-2. The van der Waals surface area contributed by atoms with Gasteiger partial charge in [-0.05, 0) is 53.3 Å². The van der Waals surface area contributed by atoms with Crippen LogP contribution in [0.5, 0.6) is 0 Å². The van der Waals surface area contributed by atoms with Crippen molar-refractivity contribution in [2.45, 2.75) is 77.4 Å². The number of benzene rings is 3. The van der Waals surface area contributed by atoms with E-state index in [1.165, 1.54) is 53.8 Å². The van der Waals surface area contributed by atoms with E-state index in [4.69, 9.17) is 9.40 Å². The third kappa shape index (κ3) is 7.55. The van der Waals surface area contributed by atoms with Crippen LogP contribution in [-0.4, -0.2) is 18.0 Å². The van der Waals surface area contributed by atoms with Crippen molar-refractivity contribution in [3.05, 3.63) is 115 Å². The van der Waals surface area contributed by atoms with E-state index in [1.807, 2.05) is 36.5 Å². The molecule has 0 bridgehead atoms. The number of furan rings is 1. The van der Waals surface area contributed by atoms with Crippen LogP contribution in [0, 0.1) is 12.1 Å². The molecule has 5 heteroatoms. The van der Waals surface area contributed by atoms with E-state index in [0.29, 0.717) is 11.8 Å². The minimum Gasteiger partial charge on any atom is -0.501 e. The van der Waals surface area contributed by atoms with Crippen molar-refractivity contribution in [2.24, 2.45) is 0 Å². The number of fused-ring (bicyclic) bond motifs is 3. The molecule has 1 fully saturated rings. The molecule has 45 heavy (non-hydrogen) atoms. The Morgan fingerprint density at radius 1 is 0.778 bits per heavy atom. The Kier molecular flexibility index (Phi) is 10.5. The summed E-state index contributed by atoms with van der Waals surface area (Å²) in [4.78, 5) is 9.26. The molecule has 0 aliphatic heterocycles. The molecule has 6 aromatic rings. The summed E-state index contributed by atoms with van der Waals surface area (Å²) in [6, 6.07) is 33.9. The molecule has 0 N–H and O–H groups in total. The number of pyridine rings is 2. The summed E-state index contributed by atoms with van der Waals surface area (Å²) in [7, 11) is -1.38. The van der Waals surface area contributed by atoms with Gasteiger partial charge in [0.2, 0.25) is 0 Å². The topological polar surface area (TPSA) is 38.9 Å². The molecule has 1 radical (unpaired) electrons. The fourth-order valence-electron chi connectivity index (χ4n) is 6.09. The normalized spacial score (nSPS) is 13.8. The number of hydrogen-bond donors (Lipinski definition) is 0. The predicted octanol–water partition coefficient (Wildman–Crippen LogP) is 10.7. The Bertz CT molecular complexity index is 1830. The van der Waals surface area contributed by atoms with E-state index >= 15 is 0 Å². The monoisotopic (exact) mass is 787 g/mol. The third-order valence-corrected chi connectivity index (χ3v) is 10.9. The van der Waals surface area contributed by atoms with Crippen LogP contribution in [0.1, 0.15) is 68.9 Å². The maximum absolute atomic E-state index is 6.37. The summed E-state index contributed by atoms with van der Waals surface area (Å²) in [5.41, 5.74) is 8.46. The number of rotatable bonds is 5. The van der Waals surface area contributed by atoms with E-state index in [-0.39, 0.29) is 20.1 Å². The van der Waals surface area contributed by atoms with E-state index in [9.17, 15) is 0 Å². The molecule has 3 aromatic heterocycles. The van der Waals surface area contributed by atoms with Crippen LogP contribution in [0.3, 0.4) is 0 Å². The van der Waals surface area contributed by atoms with Gasteiger partial charge < -0.3 is 14.4 Å². The zero-order valence-electron chi connectivity index (χ0n) is 27.0. The maximum atomic E-state index is 6.37. The van der Waals surface area contributed by atoms with Gasteiger partial charge >= 0.3 is 0 Å². The van der Waals surface area contributed by atoms with Crippen molar-refractivity contribution in [1.29, 1.82) is 0 Å². The average molecular weight is 787 g/mol. The van der Waals surface area contributed by atoms with Crippen molar-refractivity contribution >= 4 is 35.2 Å². The van der Waals surface area contributed by atoms with E-state index in [2.05, 4.69) is 105 Å². The molecule has 7 rings (SSSR count). The Morgan fingerprint density at radius 3 is 2.20 bits per heavy atom. The van der Waals surface area contributed by atoms with Crippen LogP contribution in [-0.2, 0) is 20.1 Å². The molecule has 0 amide bonds. The second kappa shape index (κ2) is 14.4. The van der Waals surface area contributed by atoms with E-state index in [0.717, 1.165) is 39.1 Å². The molecule has 233 valence electrons. The minimum atomic E-state index is -1.38. The fourth-order valence-corrected chi connectivity index (χ4v) is 7.24. The standard InChI is InChI=1S/C26H28NOSi.C14H14N.Ir/c1-29(2,3)20-13-14-21-22-10-7-11-23(26(22)28-25(21)16-20)24-15-12-19(17-27-24)18-8-5-4-6-9-18;1-11(2)13-8-9-14(15-10-13)12-6-4-3-5-7-12;/h7,10,12-18H,4-6,8-9H2,1-3H3;3-6,8-11H,1-2H3;/q2*-1;.